The van der Waals surface area contributed by atoms with Crippen LogP contribution >= 0.6 is 0 Å². The fourth-order valence-electron chi connectivity index (χ4n) is 1.61. The van der Waals surface area contributed by atoms with Gasteiger partial charge in [0, 0.05) is 13.0 Å². The van der Waals surface area contributed by atoms with Gasteiger partial charge < -0.3 is 25.0 Å². The lowest BCUT2D eigenvalue weighted by Crippen LogP contribution is -2.30. The minimum atomic E-state index is -1.50. The number of carboxylic acid groups (broad SMARTS) is 1. The summed E-state index contributed by atoms with van der Waals surface area (Å²) < 4.78 is 10.2. The molecule has 1 aromatic carbocycles. The van der Waals surface area contributed by atoms with Crippen LogP contribution in [-0.4, -0.2) is 49.0 Å². The van der Waals surface area contributed by atoms with Crippen LogP contribution in [0.1, 0.15) is 16.8 Å². The van der Waals surface area contributed by atoms with E-state index in [1.807, 2.05) is 0 Å². The number of aliphatic hydroxyl groups is 1. The van der Waals surface area contributed by atoms with Gasteiger partial charge in [-0.1, -0.05) is 6.07 Å². The number of methoxy groups -OCH3 is 2. The Morgan fingerprint density at radius 1 is 1.25 bits per heavy atom. The number of hydrogen-bond donors (Lipinski definition) is 3. The molecule has 1 atom stereocenters. The molecule has 0 bridgehead atoms. The second-order valence-corrected chi connectivity index (χ2v) is 3.94. The summed E-state index contributed by atoms with van der Waals surface area (Å²) in [5.74, 6) is -1.09. The number of carbonyl (C=O) groups excluding carboxylic acids is 1. The molecular weight excluding hydrogens is 266 g/mol. The molecular formula is C13H17NO6. The highest BCUT2D eigenvalue weighted by Gasteiger charge is 2.19. The molecule has 0 aliphatic rings. The van der Waals surface area contributed by atoms with Gasteiger partial charge in [0.15, 0.2) is 6.10 Å². The predicted octanol–water partition coefficient (Wildman–Crippen LogP) is 0.269. The minimum Gasteiger partial charge on any atom is -0.496 e. The van der Waals surface area contributed by atoms with Gasteiger partial charge in [0.1, 0.15) is 17.1 Å². The number of nitrogens with one attached hydrogen (secondary N) is 1. The first-order valence-electron chi connectivity index (χ1n) is 5.91. The second-order valence-electron chi connectivity index (χ2n) is 3.94. The molecule has 0 aliphatic carbocycles. The number of benzene rings is 1. The maximum atomic E-state index is 12.1. The highest BCUT2D eigenvalue weighted by molar-refractivity contribution is 5.99. The molecule has 0 aliphatic heterocycles. The van der Waals surface area contributed by atoms with Gasteiger partial charge in [-0.15, -0.1) is 0 Å². The van der Waals surface area contributed by atoms with E-state index in [4.69, 9.17) is 19.7 Å². The van der Waals surface area contributed by atoms with Crippen LogP contribution in [0.3, 0.4) is 0 Å². The maximum Gasteiger partial charge on any atom is 0.332 e. The molecule has 0 radical (unpaired) electrons. The zero-order chi connectivity index (χ0) is 15.1. The fourth-order valence-corrected chi connectivity index (χ4v) is 1.61. The topological polar surface area (TPSA) is 105 Å². The third-order valence-corrected chi connectivity index (χ3v) is 2.64. The number of carbonyl (C=O) groups is 2. The molecule has 0 heterocycles. The largest absolute Gasteiger partial charge is 0.496 e. The quantitative estimate of drug-likeness (QED) is 0.663. The van der Waals surface area contributed by atoms with Crippen molar-refractivity contribution in [3.63, 3.8) is 0 Å². The smallest absolute Gasteiger partial charge is 0.332 e. The Morgan fingerprint density at radius 3 is 2.25 bits per heavy atom. The number of rotatable bonds is 7. The lowest BCUT2D eigenvalue weighted by atomic mass is 10.1. The van der Waals surface area contributed by atoms with E-state index >= 15 is 0 Å². The van der Waals surface area contributed by atoms with Crippen molar-refractivity contribution in [2.24, 2.45) is 0 Å². The number of aliphatic hydroxyl groups excluding tert-OH is 1. The first-order valence-corrected chi connectivity index (χ1v) is 5.91. The molecule has 0 spiro atoms. The van der Waals surface area contributed by atoms with Gasteiger partial charge in [-0.25, -0.2) is 4.79 Å². The zero-order valence-corrected chi connectivity index (χ0v) is 11.3. The molecule has 7 nitrogen and oxygen atoms in total. The van der Waals surface area contributed by atoms with Crippen LogP contribution in [0, 0.1) is 0 Å². The van der Waals surface area contributed by atoms with E-state index in [0.29, 0.717) is 11.5 Å². The first kappa shape index (κ1) is 15.8. The molecule has 7 heteroatoms. The third kappa shape index (κ3) is 3.86. The summed E-state index contributed by atoms with van der Waals surface area (Å²) in [5.41, 5.74) is 0.224. The summed E-state index contributed by atoms with van der Waals surface area (Å²) >= 11 is 0. The van der Waals surface area contributed by atoms with Gasteiger partial charge in [-0.05, 0) is 12.1 Å². The fraction of sp³-hybridized carbons (Fsp3) is 0.385. The molecule has 3 N–H and O–H groups in total. The monoisotopic (exact) mass is 283 g/mol. The highest BCUT2D eigenvalue weighted by atomic mass is 16.5. The van der Waals surface area contributed by atoms with E-state index < -0.39 is 18.0 Å². The molecule has 110 valence electrons. The number of carboxylic acids is 1. The minimum absolute atomic E-state index is 0.0213. The van der Waals surface area contributed by atoms with Crippen molar-refractivity contribution < 1.29 is 29.3 Å². The number of hydrogen-bond acceptors (Lipinski definition) is 5. The summed E-state index contributed by atoms with van der Waals surface area (Å²) in [6.45, 7) is 0.0213. The maximum absolute atomic E-state index is 12.1. The van der Waals surface area contributed by atoms with Crippen LogP contribution in [0.2, 0.25) is 0 Å². The molecule has 0 fully saturated rings. The average molecular weight is 283 g/mol. The summed E-state index contributed by atoms with van der Waals surface area (Å²) in [7, 11) is 2.86. The normalized spacial score (nSPS) is 11.6. The van der Waals surface area contributed by atoms with Gasteiger partial charge in [0.05, 0.1) is 14.2 Å². The molecule has 1 rings (SSSR count). The zero-order valence-electron chi connectivity index (χ0n) is 11.3. The van der Waals surface area contributed by atoms with Crippen LogP contribution in [0.5, 0.6) is 11.5 Å². The van der Waals surface area contributed by atoms with E-state index in [9.17, 15) is 9.59 Å². The van der Waals surface area contributed by atoms with Gasteiger partial charge in [-0.2, -0.15) is 0 Å². The van der Waals surface area contributed by atoms with Crippen molar-refractivity contribution in [2.45, 2.75) is 12.5 Å². The highest BCUT2D eigenvalue weighted by Crippen LogP contribution is 2.27. The molecule has 1 unspecified atom stereocenters. The molecule has 1 aromatic rings. The van der Waals surface area contributed by atoms with Gasteiger partial charge in [0.25, 0.3) is 5.91 Å². The SMILES string of the molecule is COc1cccc(OC)c1C(=O)NCCC(O)C(=O)O. The second kappa shape index (κ2) is 7.34. The Kier molecular flexibility index (Phi) is 5.79. The summed E-state index contributed by atoms with van der Waals surface area (Å²) in [6, 6.07) is 4.91. The Balaban J connectivity index is 2.74. The molecule has 1 amide bonds. The molecule has 0 saturated heterocycles. The Bertz CT molecular complexity index is 465. The van der Waals surface area contributed by atoms with Crippen LogP contribution < -0.4 is 14.8 Å². The summed E-state index contributed by atoms with van der Waals surface area (Å²) in [5, 5.41) is 20.1. The molecule has 20 heavy (non-hydrogen) atoms. The molecule has 0 saturated carbocycles. The van der Waals surface area contributed by atoms with Gasteiger partial charge in [0.2, 0.25) is 0 Å². The van der Waals surface area contributed by atoms with E-state index in [1.54, 1.807) is 18.2 Å². The lowest BCUT2D eigenvalue weighted by Gasteiger charge is -2.13. The van der Waals surface area contributed by atoms with E-state index in [2.05, 4.69) is 5.32 Å². The van der Waals surface area contributed by atoms with Crippen molar-refractivity contribution in [2.75, 3.05) is 20.8 Å². The Hall–Kier alpha value is -2.28. The number of ether oxygens (including phenoxy) is 2. The standard InChI is InChI=1S/C13H17NO6/c1-19-9-4-3-5-10(20-2)11(9)12(16)14-7-6-8(15)13(17)18/h3-5,8,15H,6-7H2,1-2H3,(H,14,16)(H,17,18). The summed E-state index contributed by atoms with van der Waals surface area (Å²) in [4.78, 5) is 22.5. The Labute approximate surface area is 116 Å². The van der Waals surface area contributed by atoms with Crippen LogP contribution in [-0.2, 0) is 4.79 Å². The van der Waals surface area contributed by atoms with Crippen molar-refractivity contribution in [1.29, 1.82) is 0 Å². The van der Waals surface area contributed by atoms with Crippen molar-refractivity contribution >= 4 is 11.9 Å². The van der Waals surface area contributed by atoms with Crippen molar-refractivity contribution in [3.8, 4) is 11.5 Å². The van der Waals surface area contributed by atoms with E-state index in [-0.39, 0.29) is 18.5 Å². The Morgan fingerprint density at radius 2 is 1.80 bits per heavy atom. The van der Waals surface area contributed by atoms with Gasteiger partial charge >= 0.3 is 5.97 Å². The third-order valence-electron chi connectivity index (χ3n) is 2.64. The van der Waals surface area contributed by atoms with Crippen LogP contribution in [0.25, 0.3) is 0 Å². The number of amides is 1. The summed E-state index contributed by atoms with van der Waals surface area (Å²) in [6.07, 6.45) is -1.59. The van der Waals surface area contributed by atoms with Crippen LogP contribution in [0.4, 0.5) is 0 Å². The van der Waals surface area contributed by atoms with E-state index in [0.717, 1.165) is 0 Å². The van der Waals surface area contributed by atoms with Gasteiger partial charge in [-0.3, -0.25) is 4.79 Å². The predicted molar refractivity (Wildman–Crippen MR) is 70.1 cm³/mol. The van der Waals surface area contributed by atoms with E-state index in [1.165, 1.54) is 14.2 Å². The van der Waals surface area contributed by atoms with Crippen molar-refractivity contribution in [1.82, 2.24) is 5.32 Å². The lowest BCUT2D eigenvalue weighted by molar-refractivity contribution is -0.146. The van der Waals surface area contributed by atoms with Crippen molar-refractivity contribution in [3.05, 3.63) is 23.8 Å². The first-order chi connectivity index (χ1) is 9.51. The molecule has 0 aromatic heterocycles. The van der Waals surface area contributed by atoms with Crippen LogP contribution in [0.15, 0.2) is 18.2 Å². The number of aliphatic carboxylic acids is 1. The average Bonchev–Trinajstić information content (AvgIpc) is 2.45.